The predicted octanol–water partition coefficient (Wildman–Crippen LogP) is 3.07. The van der Waals surface area contributed by atoms with Crippen LogP contribution in [0.1, 0.15) is 24.6 Å². The molecule has 128 valence electrons. The Morgan fingerprint density at radius 3 is 2.75 bits per heavy atom. The van der Waals surface area contributed by atoms with Crippen LogP contribution in [0.2, 0.25) is 0 Å². The lowest BCUT2D eigenvalue weighted by atomic mass is 10.0. The van der Waals surface area contributed by atoms with Crippen molar-refractivity contribution >= 4 is 0 Å². The van der Waals surface area contributed by atoms with Gasteiger partial charge in [0.2, 0.25) is 0 Å². The first-order chi connectivity index (χ1) is 11.5. The summed E-state index contributed by atoms with van der Waals surface area (Å²) in [6.07, 6.45) is 1.89. The summed E-state index contributed by atoms with van der Waals surface area (Å²) in [5, 5.41) is 0. The summed E-state index contributed by atoms with van der Waals surface area (Å²) >= 11 is 0. The smallest absolute Gasteiger partial charge is 0.321 e. The minimum absolute atomic E-state index is 0.0200. The molecule has 2 heterocycles. The number of nitrogens with zero attached hydrogens (tertiary/aromatic N) is 2. The molecule has 1 aliphatic heterocycles. The van der Waals surface area contributed by atoms with Crippen LogP contribution >= 0.6 is 0 Å². The number of halogens is 2. The molecule has 0 amide bonds. The largest absolute Gasteiger partial charge is 0.488 e. The SMILES string of the molecule is CC(C1Cc2ccccc2O1)N(C)Cc1cccn(C(F)F)c1=O. The van der Waals surface area contributed by atoms with Crippen molar-refractivity contribution in [2.45, 2.75) is 38.6 Å². The van der Waals surface area contributed by atoms with Crippen LogP contribution in [0.25, 0.3) is 0 Å². The molecule has 0 saturated carbocycles. The average Bonchev–Trinajstić information content (AvgIpc) is 2.99. The highest BCUT2D eigenvalue weighted by molar-refractivity contribution is 5.37. The zero-order valence-electron chi connectivity index (χ0n) is 13.7. The van der Waals surface area contributed by atoms with Gasteiger partial charge in [-0.05, 0) is 31.7 Å². The number of ether oxygens (including phenoxy) is 1. The molecular weight excluding hydrogens is 314 g/mol. The van der Waals surface area contributed by atoms with E-state index >= 15 is 0 Å². The maximum atomic E-state index is 12.8. The summed E-state index contributed by atoms with van der Waals surface area (Å²) in [4.78, 5) is 14.1. The van der Waals surface area contributed by atoms with Crippen molar-refractivity contribution in [2.75, 3.05) is 7.05 Å². The molecule has 2 aromatic rings. The minimum Gasteiger partial charge on any atom is -0.488 e. The summed E-state index contributed by atoms with van der Waals surface area (Å²) in [7, 11) is 1.87. The fourth-order valence-corrected chi connectivity index (χ4v) is 3.01. The third-order valence-electron chi connectivity index (χ3n) is 4.59. The molecule has 24 heavy (non-hydrogen) atoms. The van der Waals surface area contributed by atoms with Gasteiger partial charge in [0.25, 0.3) is 5.56 Å². The number of likely N-dealkylation sites (N-methyl/N-ethyl adjacent to an activating group) is 1. The van der Waals surface area contributed by atoms with Crippen molar-refractivity contribution in [3.05, 3.63) is 64.1 Å². The molecule has 0 fully saturated rings. The third-order valence-corrected chi connectivity index (χ3v) is 4.59. The molecule has 1 aliphatic rings. The van der Waals surface area contributed by atoms with E-state index in [1.165, 1.54) is 11.6 Å². The second-order valence-corrected chi connectivity index (χ2v) is 6.15. The van der Waals surface area contributed by atoms with Crippen LogP contribution in [0.15, 0.2) is 47.4 Å². The van der Waals surface area contributed by atoms with Crippen LogP contribution in [0.4, 0.5) is 8.78 Å². The van der Waals surface area contributed by atoms with Gasteiger partial charge in [0.1, 0.15) is 11.9 Å². The van der Waals surface area contributed by atoms with Gasteiger partial charge in [-0.15, -0.1) is 0 Å². The number of benzene rings is 1. The lowest BCUT2D eigenvalue weighted by Crippen LogP contribution is -2.42. The molecule has 0 aliphatic carbocycles. The van der Waals surface area contributed by atoms with Crippen molar-refractivity contribution in [1.29, 1.82) is 0 Å². The molecule has 1 aromatic heterocycles. The van der Waals surface area contributed by atoms with E-state index in [4.69, 9.17) is 4.74 Å². The summed E-state index contributed by atoms with van der Waals surface area (Å²) in [6, 6.07) is 11.0. The number of hydrogen-bond acceptors (Lipinski definition) is 3. The Morgan fingerprint density at radius 1 is 1.29 bits per heavy atom. The van der Waals surface area contributed by atoms with Crippen LogP contribution in [0.3, 0.4) is 0 Å². The zero-order chi connectivity index (χ0) is 17.3. The highest BCUT2D eigenvalue weighted by Crippen LogP contribution is 2.30. The molecule has 4 nitrogen and oxygen atoms in total. The summed E-state index contributed by atoms with van der Waals surface area (Å²) in [5.41, 5.74) is 0.868. The predicted molar refractivity (Wildman–Crippen MR) is 87.4 cm³/mol. The molecule has 0 bridgehead atoms. The van der Waals surface area contributed by atoms with Crippen molar-refractivity contribution in [3.63, 3.8) is 0 Å². The van der Waals surface area contributed by atoms with E-state index in [1.807, 2.05) is 43.1 Å². The first kappa shape index (κ1) is 16.6. The van der Waals surface area contributed by atoms with Crippen LogP contribution < -0.4 is 10.3 Å². The number of hydrogen-bond donors (Lipinski definition) is 0. The van der Waals surface area contributed by atoms with Crippen LogP contribution in [0, 0.1) is 0 Å². The first-order valence-corrected chi connectivity index (χ1v) is 7.90. The Kier molecular flexibility index (Phi) is 4.66. The van der Waals surface area contributed by atoms with Gasteiger partial charge in [-0.2, -0.15) is 8.78 Å². The van der Waals surface area contributed by atoms with E-state index in [0.717, 1.165) is 18.4 Å². The highest BCUT2D eigenvalue weighted by atomic mass is 19.3. The quantitative estimate of drug-likeness (QED) is 0.843. The number of rotatable bonds is 5. The van der Waals surface area contributed by atoms with Gasteiger partial charge in [0, 0.05) is 30.8 Å². The van der Waals surface area contributed by atoms with Crippen molar-refractivity contribution < 1.29 is 13.5 Å². The summed E-state index contributed by atoms with van der Waals surface area (Å²) < 4.78 is 32.1. The number of pyridine rings is 1. The maximum Gasteiger partial charge on any atom is 0.321 e. The normalized spacial score (nSPS) is 17.8. The number of para-hydroxylation sites is 1. The fourth-order valence-electron chi connectivity index (χ4n) is 3.01. The number of alkyl halides is 2. The monoisotopic (exact) mass is 334 g/mol. The van der Waals surface area contributed by atoms with Crippen molar-refractivity contribution in [2.24, 2.45) is 0 Å². The first-order valence-electron chi connectivity index (χ1n) is 7.90. The Labute approximate surface area is 139 Å². The topological polar surface area (TPSA) is 34.5 Å². The van der Waals surface area contributed by atoms with Gasteiger partial charge in [0.05, 0.1) is 0 Å². The molecule has 2 atom stereocenters. The van der Waals surface area contributed by atoms with E-state index in [1.54, 1.807) is 6.07 Å². The number of aromatic nitrogens is 1. The van der Waals surface area contributed by atoms with Gasteiger partial charge in [-0.1, -0.05) is 24.3 Å². The summed E-state index contributed by atoms with van der Waals surface area (Å²) in [5.74, 6) is 0.891. The van der Waals surface area contributed by atoms with Gasteiger partial charge in [-0.3, -0.25) is 14.3 Å². The van der Waals surface area contributed by atoms with Gasteiger partial charge in [0.15, 0.2) is 0 Å². The van der Waals surface area contributed by atoms with E-state index in [-0.39, 0.29) is 12.1 Å². The molecule has 0 radical (unpaired) electrons. The minimum atomic E-state index is -2.83. The molecule has 2 unspecified atom stereocenters. The average molecular weight is 334 g/mol. The van der Waals surface area contributed by atoms with E-state index in [0.29, 0.717) is 16.7 Å². The summed E-state index contributed by atoms with van der Waals surface area (Å²) in [6.45, 7) is -0.512. The molecule has 0 N–H and O–H groups in total. The molecular formula is C18H20F2N2O2. The Hall–Kier alpha value is -2.21. The van der Waals surface area contributed by atoms with Gasteiger partial charge >= 0.3 is 6.55 Å². The van der Waals surface area contributed by atoms with Crippen molar-refractivity contribution in [3.8, 4) is 5.75 Å². The van der Waals surface area contributed by atoms with Crippen LogP contribution in [-0.4, -0.2) is 28.7 Å². The Morgan fingerprint density at radius 2 is 2.04 bits per heavy atom. The molecule has 0 spiro atoms. The highest BCUT2D eigenvalue weighted by Gasteiger charge is 2.30. The van der Waals surface area contributed by atoms with Crippen molar-refractivity contribution in [1.82, 2.24) is 9.47 Å². The fraction of sp³-hybridized carbons (Fsp3) is 0.389. The second-order valence-electron chi connectivity index (χ2n) is 6.15. The molecule has 1 aromatic carbocycles. The van der Waals surface area contributed by atoms with Gasteiger partial charge < -0.3 is 4.74 Å². The maximum absolute atomic E-state index is 12.8. The molecule has 6 heteroatoms. The third kappa shape index (κ3) is 3.19. The Balaban J connectivity index is 1.71. The zero-order valence-corrected chi connectivity index (χ0v) is 13.7. The lowest BCUT2D eigenvalue weighted by molar-refractivity contribution is 0.0650. The standard InChI is InChI=1S/C18H20F2N2O2/c1-12(16-10-13-6-3-4-8-15(13)24-16)21(2)11-14-7-5-9-22(17(14)23)18(19)20/h3-9,12,16,18H,10-11H2,1-2H3. The van der Waals surface area contributed by atoms with Crippen LogP contribution in [0.5, 0.6) is 5.75 Å². The second kappa shape index (κ2) is 6.73. The van der Waals surface area contributed by atoms with E-state index in [9.17, 15) is 13.6 Å². The van der Waals surface area contributed by atoms with E-state index in [2.05, 4.69) is 0 Å². The van der Waals surface area contributed by atoms with Gasteiger partial charge in [-0.25, -0.2) is 0 Å². The molecule has 0 saturated heterocycles. The lowest BCUT2D eigenvalue weighted by Gasteiger charge is -2.29. The van der Waals surface area contributed by atoms with Crippen LogP contribution in [-0.2, 0) is 13.0 Å². The number of fused-ring (bicyclic) bond motifs is 1. The molecule has 3 rings (SSSR count). The Bertz CT molecular complexity index is 751. The van der Waals surface area contributed by atoms with E-state index < -0.39 is 12.1 Å².